The van der Waals surface area contributed by atoms with E-state index in [9.17, 15) is 4.79 Å². The van der Waals surface area contributed by atoms with E-state index in [2.05, 4.69) is 0 Å². The summed E-state index contributed by atoms with van der Waals surface area (Å²) in [7, 11) is 1.98. The maximum atomic E-state index is 13.0. The van der Waals surface area contributed by atoms with E-state index in [1.54, 1.807) is 4.90 Å². The monoisotopic (exact) mass is 318 g/mol. The molecule has 2 heterocycles. The topological polar surface area (TPSA) is 49.3 Å². The van der Waals surface area contributed by atoms with Crippen molar-refractivity contribution in [2.75, 3.05) is 29.9 Å². The number of aryl methyl sites for hydroxylation is 1. The number of rotatable bonds is 1. The molecular weight excluding hydrogens is 300 g/mol. The lowest BCUT2D eigenvalue weighted by atomic mass is 10.1. The number of nitrogens with zero attached hydrogens (tertiary/aromatic N) is 4. The molecule has 0 N–H and O–H groups in total. The van der Waals surface area contributed by atoms with Gasteiger partial charge < -0.3 is 4.90 Å². The molecule has 5 heteroatoms. The molecule has 1 amide bonds. The third-order valence-corrected chi connectivity index (χ3v) is 4.35. The second kappa shape index (κ2) is 5.60. The maximum absolute atomic E-state index is 13.0. The third kappa shape index (κ3) is 2.38. The van der Waals surface area contributed by atoms with Gasteiger partial charge >= 0.3 is 0 Å². The van der Waals surface area contributed by atoms with Crippen molar-refractivity contribution in [2.45, 2.75) is 6.92 Å². The molecule has 1 aromatic heterocycles. The zero-order valence-corrected chi connectivity index (χ0v) is 13.7. The van der Waals surface area contributed by atoms with Crippen LogP contribution in [0.5, 0.6) is 0 Å². The lowest BCUT2D eigenvalue weighted by Gasteiger charge is -2.33. The molecule has 3 aromatic rings. The Bertz CT molecular complexity index is 920. The zero-order chi connectivity index (χ0) is 16.7. The average Bonchev–Trinajstić information content (AvgIpc) is 2.61. The first-order chi connectivity index (χ1) is 11.6. The van der Waals surface area contributed by atoms with E-state index in [1.807, 2.05) is 67.4 Å². The summed E-state index contributed by atoms with van der Waals surface area (Å²) < 4.78 is 0. The molecule has 0 spiro atoms. The van der Waals surface area contributed by atoms with Gasteiger partial charge in [-0.05, 0) is 31.2 Å². The summed E-state index contributed by atoms with van der Waals surface area (Å²) in [6.45, 7) is 3.35. The van der Waals surface area contributed by atoms with Crippen LogP contribution in [0.25, 0.3) is 11.0 Å². The molecule has 4 rings (SSSR count). The van der Waals surface area contributed by atoms with Crippen LogP contribution in [0.2, 0.25) is 0 Å². The first-order valence-corrected chi connectivity index (χ1v) is 8.00. The molecule has 120 valence electrons. The number of benzene rings is 2. The van der Waals surface area contributed by atoms with Gasteiger partial charge in [-0.25, -0.2) is 9.97 Å². The first kappa shape index (κ1) is 14.6. The zero-order valence-electron chi connectivity index (χ0n) is 13.7. The van der Waals surface area contributed by atoms with Crippen molar-refractivity contribution < 1.29 is 4.79 Å². The van der Waals surface area contributed by atoms with Crippen LogP contribution in [0.3, 0.4) is 0 Å². The van der Waals surface area contributed by atoms with Crippen molar-refractivity contribution in [3.8, 4) is 0 Å². The number of amides is 1. The van der Waals surface area contributed by atoms with E-state index < -0.39 is 0 Å². The summed E-state index contributed by atoms with van der Waals surface area (Å²) in [5.41, 5.74) is 3.45. The fourth-order valence-electron chi connectivity index (χ4n) is 2.93. The molecule has 0 saturated carbocycles. The first-order valence-electron chi connectivity index (χ1n) is 8.00. The van der Waals surface area contributed by atoms with Crippen LogP contribution in [-0.2, 0) is 0 Å². The highest BCUT2D eigenvalue weighted by Gasteiger charge is 2.29. The Morgan fingerprint density at radius 1 is 0.917 bits per heavy atom. The van der Waals surface area contributed by atoms with Crippen molar-refractivity contribution >= 4 is 28.6 Å². The van der Waals surface area contributed by atoms with Gasteiger partial charge in [0.25, 0.3) is 5.91 Å². The van der Waals surface area contributed by atoms with E-state index in [0.29, 0.717) is 17.9 Å². The molecule has 0 radical (unpaired) electrons. The highest BCUT2D eigenvalue weighted by atomic mass is 16.2. The van der Waals surface area contributed by atoms with Crippen molar-refractivity contribution in [3.63, 3.8) is 0 Å². The number of hydrogen-bond acceptors (Lipinski definition) is 4. The summed E-state index contributed by atoms with van der Waals surface area (Å²) in [6.07, 6.45) is 0. The molecule has 24 heavy (non-hydrogen) atoms. The molecule has 0 bridgehead atoms. The molecular formula is C19H18N4O. The van der Waals surface area contributed by atoms with Gasteiger partial charge in [0.2, 0.25) is 0 Å². The van der Waals surface area contributed by atoms with Crippen LogP contribution < -0.4 is 9.80 Å². The number of likely N-dealkylation sites (N-methyl/N-ethyl adjacent to an activating group) is 1. The molecule has 0 saturated heterocycles. The van der Waals surface area contributed by atoms with Crippen LogP contribution in [-0.4, -0.2) is 36.0 Å². The number of anilines is 2. The Hall–Kier alpha value is -2.95. The second-order valence-corrected chi connectivity index (χ2v) is 6.10. The molecule has 2 aromatic carbocycles. The molecule has 5 nitrogen and oxygen atoms in total. The quantitative estimate of drug-likeness (QED) is 0.692. The van der Waals surface area contributed by atoms with Crippen molar-refractivity contribution in [1.29, 1.82) is 0 Å². The van der Waals surface area contributed by atoms with E-state index >= 15 is 0 Å². The number of carbonyl (C=O) groups is 1. The fourth-order valence-corrected chi connectivity index (χ4v) is 2.93. The molecule has 0 fully saturated rings. The van der Waals surface area contributed by atoms with Gasteiger partial charge in [-0.2, -0.15) is 0 Å². The average molecular weight is 318 g/mol. The Morgan fingerprint density at radius 3 is 2.21 bits per heavy atom. The highest BCUT2D eigenvalue weighted by molar-refractivity contribution is 6.07. The summed E-state index contributed by atoms with van der Waals surface area (Å²) in [6, 6.07) is 15.4. The molecule has 0 unspecified atom stereocenters. The minimum Gasteiger partial charge on any atom is -0.355 e. The van der Waals surface area contributed by atoms with Crippen LogP contribution in [0.15, 0.2) is 48.5 Å². The van der Waals surface area contributed by atoms with Gasteiger partial charge in [-0.15, -0.1) is 0 Å². The molecule has 1 aliphatic heterocycles. The highest BCUT2D eigenvalue weighted by Crippen LogP contribution is 2.31. The lowest BCUT2D eigenvalue weighted by Crippen LogP contribution is -2.43. The van der Waals surface area contributed by atoms with Crippen molar-refractivity contribution in [2.24, 2.45) is 0 Å². The van der Waals surface area contributed by atoms with Gasteiger partial charge in [-0.3, -0.25) is 9.69 Å². The van der Waals surface area contributed by atoms with Crippen LogP contribution >= 0.6 is 0 Å². The Morgan fingerprint density at radius 2 is 1.54 bits per heavy atom. The third-order valence-electron chi connectivity index (χ3n) is 4.35. The maximum Gasteiger partial charge on any atom is 0.259 e. The number of carbonyl (C=O) groups excluding carboxylic acids is 1. The van der Waals surface area contributed by atoms with Gasteiger partial charge in [0, 0.05) is 25.7 Å². The minimum absolute atomic E-state index is 0.0334. The van der Waals surface area contributed by atoms with E-state index in [4.69, 9.17) is 9.97 Å². The second-order valence-electron chi connectivity index (χ2n) is 6.10. The predicted molar refractivity (Wildman–Crippen MR) is 95.7 cm³/mol. The van der Waals surface area contributed by atoms with E-state index in [1.165, 1.54) is 0 Å². The van der Waals surface area contributed by atoms with Crippen LogP contribution in [0.1, 0.15) is 15.9 Å². The number of para-hydroxylation sites is 2. The van der Waals surface area contributed by atoms with Gasteiger partial charge in [0.05, 0.1) is 11.0 Å². The van der Waals surface area contributed by atoms with E-state index in [-0.39, 0.29) is 5.91 Å². The predicted octanol–water partition coefficient (Wildman–Crippen LogP) is 3.03. The number of hydrogen-bond donors (Lipinski definition) is 0. The lowest BCUT2D eigenvalue weighted by molar-refractivity contribution is 0.0986. The fraction of sp³-hybridized carbons (Fsp3) is 0.211. The van der Waals surface area contributed by atoms with Crippen molar-refractivity contribution in [1.82, 2.24) is 9.97 Å². The Kier molecular flexibility index (Phi) is 3.41. The minimum atomic E-state index is -0.0334. The standard InChI is InChI=1S/C19H18N4O/c1-13-7-9-14(10-8-13)19(24)23-12-11-22(2)17-18(23)21-16-6-4-3-5-15(16)20-17/h3-10H,11-12H2,1-2H3. The van der Waals surface area contributed by atoms with Crippen LogP contribution in [0.4, 0.5) is 11.6 Å². The SMILES string of the molecule is Cc1ccc(C(=O)N2CCN(C)c3nc4ccccc4nc32)cc1. The van der Waals surface area contributed by atoms with Crippen molar-refractivity contribution in [3.05, 3.63) is 59.7 Å². The normalized spacial score (nSPS) is 13.9. The summed E-state index contributed by atoms with van der Waals surface area (Å²) >= 11 is 0. The van der Waals surface area contributed by atoms with Gasteiger partial charge in [-0.1, -0.05) is 29.8 Å². The summed E-state index contributed by atoms with van der Waals surface area (Å²) in [4.78, 5) is 26.2. The molecule has 0 aliphatic carbocycles. The molecule has 1 aliphatic rings. The largest absolute Gasteiger partial charge is 0.355 e. The number of aromatic nitrogens is 2. The van der Waals surface area contributed by atoms with E-state index in [0.717, 1.165) is 29.0 Å². The Balaban J connectivity index is 1.81. The smallest absolute Gasteiger partial charge is 0.259 e. The van der Waals surface area contributed by atoms with Gasteiger partial charge in [0.15, 0.2) is 11.6 Å². The molecule has 0 atom stereocenters. The summed E-state index contributed by atoms with van der Waals surface area (Å²) in [5.74, 6) is 1.35. The number of fused-ring (bicyclic) bond motifs is 2. The van der Waals surface area contributed by atoms with Crippen LogP contribution in [0, 0.1) is 6.92 Å². The van der Waals surface area contributed by atoms with Gasteiger partial charge in [0.1, 0.15) is 0 Å². The Labute approximate surface area is 140 Å². The summed E-state index contributed by atoms with van der Waals surface area (Å²) in [5, 5.41) is 0.